The molecule has 0 spiro atoms. The third-order valence-electron chi connectivity index (χ3n) is 4.11. The Morgan fingerprint density at radius 1 is 1.17 bits per heavy atom. The van der Waals surface area contributed by atoms with Gasteiger partial charge in [0.25, 0.3) is 5.56 Å². The Morgan fingerprint density at radius 2 is 1.83 bits per heavy atom. The van der Waals surface area contributed by atoms with Crippen molar-refractivity contribution in [1.82, 2.24) is 15.0 Å². The second kappa shape index (κ2) is 7.53. The van der Waals surface area contributed by atoms with Crippen LogP contribution in [0.3, 0.4) is 0 Å². The molecule has 0 aliphatic heterocycles. The van der Waals surface area contributed by atoms with Gasteiger partial charge in [0, 0.05) is 0 Å². The predicted octanol–water partition coefficient (Wildman–Crippen LogP) is 3.57. The Kier molecular flexibility index (Phi) is 5.27. The standard InChI is InChI=1S/C19H16F3N3O4/c1-9(29-12-6-4-11(5-7-12)18(27)28-3)15-13(19(20,21)22)8-14-16(25-15)17(26)24-10(2)23-14/h4-9H,1-3H3,(H,23,24,26). The third-order valence-corrected chi connectivity index (χ3v) is 4.11. The minimum Gasteiger partial charge on any atom is -0.484 e. The Hall–Kier alpha value is -3.43. The van der Waals surface area contributed by atoms with E-state index in [0.717, 1.165) is 6.07 Å². The fourth-order valence-electron chi connectivity index (χ4n) is 2.79. The highest BCUT2D eigenvalue weighted by atomic mass is 19.4. The number of nitrogens with zero attached hydrogens (tertiary/aromatic N) is 2. The number of methoxy groups -OCH3 is 1. The SMILES string of the molecule is COC(=O)c1ccc(OC(C)c2nc3c(=O)[nH]c(C)nc3cc2C(F)(F)F)cc1. The summed E-state index contributed by atoms with van der Waals surface area (Å²) < 4.78 is 50.9. The molecule has 0 aliphatic carbocycles. The maximum atomic E-state index is 13.6. The highest BCUT2D eigenvalue weighted by Crippen LogP contribution is 2.36. The van der Waals surface area contributed by atoms with E-state index >= 15 is 0 Å². The van der Waals surface area contributed by atoms with Crippen LogP contribution in [0.5, 0.6) is 5.75 Å². The molecular formula is C19H16F3N3O4. The molecule has 2 aromatic heterocycles. The van der Waals surface area contributed by atoms with E-state index in [9.17, 15) is 22.8 Å². The zero-order valence-corrected chi connectivity index (χ0v) is 15.6. The van der Waals surface area contributed by atoms with E-state index in [2.05, 4.69) is 19.7 Å². The van der Waals surface area contributed by atoms with Crippen LogP contribution in [0.2, 0.25) is 0 Å². The van der Waals surface area contributed by atoms with E-state index in [1.165, 1.54) is 45.2 Å². The summed E-state index contributed by atoms with van der Waals surface area (Å²) in [5, 5.41) is 0. The molecule has 3 aromatic rings. The number of ether oxygens (including phenoxy) is 2. The largest absolute Gasteiger partial charge is 0.484 e. The molecule has 152 valence electrons. The summed E-state index contributed by atoms with van der Waals surface area (Å²) in [6, 6.07) is 6.48. The van der Waals surface area contributed by atoms with Crippen LogP contribution in [-0.2, 0) is 10.9 Å². The van der Waals surface area contributed by atoms with Crippen molar-refractivity contribution in [2.75, 3.05) is 7.11 Å². The molecule has 1 unspecified atom stereocenters. The van der Waals surface area contributed by atoms with Crippen LogP contribution in [0.25, 0.3) is 11.0 Å². The molecule has 10 heteroatoms. The first kappa shape index (κ1) is 20.3. The van der Waals surface area contributed by atoms with Crippen LogP contribution < -0.4 is 10.3 Å². The highest BCUT2D eigenvalue weighted by molar-refractivity contribution is 5.89. The number of aromatic nitrogens is 3. The van der Waals surface area contributed by atoms with Gasteiger partial charge in [-0.25, -0.2) is 14.8 Å². The Bertz CT molecular complexity index is 1120. The molecule has 0 aliphatic rings. The van der Waals surface area contributed by atoms with Crippen molar-refractivity contribution in [2.45, 2.75) is 26.1 Å². The topological polar surface area (TPSA) is 94.2 Å². The number of H-pyrrole nitrogens is 1. The van der Waals surface area contributed by atoms with E-state index in [4.69, 9.17) is 4.74 Å². The van der Waals surface area contributed by atoms with Crippen molar-refractivity contribution >= 4 is 17.0 Å². The molecule has 0 saturated heterocycles. The number of alkyl halides is 3. The molecule has 0 amide bonds. The molecule has 0 fully saturated rings. The van der Waals surface area contributed by atoms with E-state index in [0.29, 0.717) is 0 Å². The average Bonchev–Trinajstić information content (AvgIpc) is 2.66. The van der Waals surface area contributed by atoms with Crippen LogP contribution >= 0.6 is 0 Å². The van der Waals surface area contributed by atoms with Crippen LogP contribution in [0.15, 0.2) is 35.1 Å². The summed E-state index contributed by atoms with van der Waals surface area (Å²) in [5.41, 5.74) is -2.23. The van der Waals surface area contributed by atoms with Gasteiger partial charge < -0.3 is 14.5 Å². The fraction of sp³-hybridized carbons (Fsp3) is 0.263. The van der Waals surface area contributed by atoms with Crippen molar-refractivity contribution < 1.29 is 27.4 Å². The van der Waals surface area contributed by atoms with Crippen molar-refractivity contribution in [2.24, 2.45) is 0 Å². The van der Waals surface area contributed by atoms with Gasteiger partial charge in [0.05, 0.1) is 29.4 Å². The van der Waals surface area contributed by atoms with E-state index in [-0.39, 0.29) is 28.2 Å². The number of rotatable bonds is 4. The molecule has 1 atom stereocenters. The number of hydrogen-bond acceptors (Lipinski definition) is 6. The lowest BCUT2D eigenvalue weighted by molar-refractivity contribution is -0.139. The Balaban J connectivity index is 2.03. The van der Waals surface area contributed by atoms with Gasteiger partial charge in [-0.3, -0.25) is 4.79 Å². The molecule has 0 bridgehead atoms. The number of aromatic amines is 1. The summed E-state index contributed by atoms with van der Waals surface area (Å²) in [7, 11) is 1.23. The Morgan fingerprint density at radius 3 is 2.41 bits per heavy atom. The van der Waals surface area contributed by atoms with Crippen LogP contribution in [0, 0.1) is 6.92 Å². The van der Waals surface area contributed by atoms with Gasteiger partial charge in [-0.1, -0.05) is 0 Å². The monoisotopic (exact) mass is 407 g/mol. The molecule has 7 nitrogen and oxygen atoms in total. The van der Waals surface area contributed by atoms with Crippen LogP contribution in [-0.4, -0.2) is 28.0 Å². The van der Waals surface area contributed by atoms with Gasteiger partial charge in [0.1, 0.15) is 17.7 Å². The van der Waals surface area contributed by atoms with E-state index in [1.54, 1.807) is 0 Å². The number of esters is 1. The van der Waals surface area contributed by atoms with Crippen molar-refractivity contribution in [3.63, 3.8) is 0 Å². The zero-order chi connectivity index (χ0) is 21.3. The number of fused-ring (bicyclic) bond motifs is 1. The summed E-state index contributed by atoms with van der Waals surface area (Å²) in [4.78, 5) is 33.8. The minimum atomic E-state index is -4.72. The van der Waals surface area contributed by atoms with Crippen molar-refractivity contribution in [3.05, 3.63) is 63.3 Å². The number of benzene rings is 1. The molecular weight excluding hydrogens is 391 g/mol. The summed E-state index contributed by atoms with van der Waals surface area (Å²) in [5.74, 6) is -0.154. The maximum Gasteiger partial charge on any atom is 0.418 e. The second-order valence-electron chi connectivity index (χ2n) is 6.21. The first-order valence-electron chi connectivity index (χ1n) is 8.44. The van der Waals surface area contributed by atoms with Gasteiger partial charge >= 0.3 is 12.1 Å². The lowest BCUT2D eigenvalue weighted by Gasteiger charge is -2.19. The van der Waals surface area contributed by atoms with Gasteiger partial charge in [-0.15, -0.1) is 0 Å². The number of hydrogen-bond donors (Lipinski definition) is 1. The first-order valence-corrected chi connectivity index (χ1v) is 8.44. The maximum absolute atomic E-state index is 13.6. The fourth-order valence-corrected chi connectivity index (χ4v) is 2.79. The summed E-state index contributed by atoms with van der Waals surface area (Å²) >= 11 is 0. The number of pyridine rings is 1. The smallest absolute Gasteiger partial charge is 0.418 e. The summed E-state index contributed by atoms with van der Waals surface area (Å²) in [6.45, 7) is 2.85. The zero-order valence-electron chi connectivity index (χ0n) is 15.6. The first-order chi connectivity index (χ1) is 13.6. The van der Waals surface area contributed by atoms with Crippen molar-refractivity contribution in [1.29, 1.82) is 0 Å². The normalized spacial score (nSPS) is 12.6. The Labute approximate surface area is 162 Å². The van der Waals surface area contributed by atoms with E-state index < -0.39 is 35.1 Å². The van der Waals surface area contributed by atoms with Crippen LogP contribution in [0.4, 0.5) is 13.2 Å². The number of nitrogens with one attached hydrogen (secondary N) is 1. The van der Waals surface area contributed by atoms with Gasteiger partial charge in [0.15, 0.2) is 5.52 Å². The lowest BCUT2D eigenvalue weighted by Crippen LogP contribution is -2.19. The molecule has 1 aromatic carbocycles. The third kappa shape index (κ3) is 4.20. The summed E-state index contributed by atoms with van der Waals surface area (Å²) in [6.07, 6.45) is -5.86. The minimum absolute atomic E-state index is 0.156. The molecule has 29 heavy (non-hydrogen) atoms. The molecule has 1 N–H and O–H groups in total. The van der Waals surface area contributed by atoms with Gasteiger partial charge in [-0.05, 0) is 44.2 Å². The molecule has 3 rings (SSSR count). The lowest BCUT2D eigenvalue weighted by atomic mass is 10.1. The van der Waals surface area contributed by atoms with Crippen LogP contribution in [0.1, 0.15) is 40.5 Å². The van der Waals surface area contributed by atoms with E-state index in [1.807, 2.05) is 0 Å². The predicted molar refractivity (Wildman–Crippen MR) is 96.7 cm³/mol. The number of carbonyl (C=O) groups excluding carboxylic acids is 1. The number of aryl methyl sites for hydroxylation is 1. The van der Waals surface area contributed by atoms with Gasteiger partial charge in [-0.2, -0.15) is 13.2 Å². The van der Waals surface area contributed by atoms with Gasteiger partial charge in [0.2, 0.25) is 0 Å². The van der Waals surface area contributed by atoms with Crippen molar-refractivity contribution in [3.8, 4) is 5.75 Å². The molecule has 0 radical (unpaired) electrons. The highest BCUT2D eigenvalue weighted by Gasteiger charge is 2.37. The average molecular weight is 407 g/mol. The second-order valence-corrected chi connectivity index (χ2v) is 6.21. The molecule has 0 saturated carbocycles. The quantitative estimate of drug-likeness (QED) is 0.665. The molecule has 2 heterocycles. The number of carbonyl (C=O) groups is 1. The number of halogens is 3.